The molecule has 0 radical (unpaired) electrons. The first-order valence-electron chi connectivity index (χ1n) is 9.16. The average molecular weight is 392 g/mol. The molecule has 2 aliphatic rings. The van der Waals surface area contributed by atoms with Crippen LogP contribution in [0.3, 0.4) is 0 Å². The van der Waals surface area contributed by atoms with Crippen molar-refractivity contribution in [1.29, 1.82) is 0 Å². The highest BCUT2D eigenvalue weighted by atomic mass is 32.1. The van der Waals surface area contributed by atoms with Crippen LogP contribution in [0.2, 0.25) is 0 Å². The summed E-state index contributed by atoms with van der Waals surface area (Å²) in [4.78, 5) is 25.1. The van der Waals surface area contributed by atoms with Gasteiger partial charge in [0, 0.05) is 62.6 Å². The first-order valence-corrected chi connectivity index (χ1v) is 10.9. The monoisotopic (exact) mass is 391 g/mol. The molecular formula is C18H25N5OS2. The highest BCUT2D eigenvalue weighted by molar-refractivity contribution is 7.13. The number of aromatic nitrogens is 1. The van der Waals surface area contributed by atoms with E-state index in [1.165, 1.54) is 10.4 Å². The lowest BCUT2D eigenvalue weighted by Gasteiger charge is -2.34. The van der Waals surface area contributed by atoms with Crippen LogP contribution in [0.15, 0.2) is 16.8 Å². The Balaban J connectivity index is 1.18. The molecule has 2 aliphatic heterocycles. The minimum Gasteiger partial charge on any atom is -0.345 e. The molecule has 2 aromatic heterocycles. The summed E-state index contributed by atoms with van der Waals surface area (Å²) in [6.45, 7) is 8.98. The van der Waals surface area contributed by atoms with Gasteiger partial charge in [-0.1, -0.05) is 0 Å². The van der Waals surface area contributed by atoms with Gasteiger partial charge in [0.05, 0.1) is 5.69 Å². The topological polar surface area (TPSA) is 51.7 Å². The Hall–Kier alpha value is -1.64. The number of nitrogens with one attached hydrogen (secondary N) is 1. The predicted octanol–water partition coefficient (Wildman–Crippen LogP) is 2.40. The maximum Gasteiger partial charge on any atom is 0.317 e. The summed E-state index contributed by atoms with van der Waals surface area (Å²) in [6.07, 6.45) is 1.14. The number of urea groups is 1. The quantitative estimate of drug-likeness (QED) is 0.870. The van der Waals surface area contributed by atoms with Crippen LogP contribution in [-0.2, 0) is 13.0 Å². The molecule has 0 aromatic carbocycles. The van der Waals surface area contributed by atoms with Gasteiger partial charge < -0.3 is 15.1 Å². The number of amides is 2. The van der Waals surface area contributed by atoms with Crippen LogP contribution < -0.4 is 10.2 Å². The maximum absolute atomic E-state index is 12.4. The van der Waals surface area contributed by atoms with Gasteiger partial charge in [-0.2, -0.15) is 0 Å². The molecule has 4 rings (SSSR count). The molecular weight excluding hydrogens is 366 g/mol. The fourth-order valence-corrected chi connectivity index (χ4v) is 5.26. The molecule has 2 aromatic rings. The van der Waals surface area contributed by atoms with E-state index in [0.29, 0.717) is 6.54 Å². The molecule has 0 aliphatic carbocycles. The van der Waals surface area contributed by atoms with Gasteiger partial charge in [-0.15, -0.1) is 22.7 Å². The number of aryl methyl sites for hydroxylation is 1. The maximum atomic E-state index is 12.4. The number of nitrogens with zero attached hydrogens (tertiary/aromatic N) is 4. The molecule has 1 saturated heterocycles. The molecule has 0 bridgehead atoms. The second-order valence-corrected chi connectivity index (χ2v) is 8.71. The molecule has 26 heavy (non-hydrogen) atoms. The van der Waals surface area contributed by atoms with Crippen molar-refractivity contribution in [3.05, 3.63) is 33.0 Å². The van der Waals surface area contributed by atoms with Gasteiger partial charge in [-0.05, 0) is 30.4 Å². The van der Waals surface area contributed by atoms with Gasteiger partial charge in [0.25, 0.3) is 0 Å². The van der Waals surface area contributed by atoms with Crippen LogP contribution >= 0.6 is 22.7 Å². The van der Waals surface area contributed by atoms with E-state index in [0.717, 1.165) is 63.1 Å². The van der Waals surface area contributed by atoms with Gasteiger partial charge in [0.15, 0.2) is 5.13 Å². The van der Waals surface area contributed by atoms with Gasteiger partial charge in [-0.3, -0.25) is 4.90 Å². The van der Waals surface area contributed by atoms with E-state index < -0.39 is 0 Å². The molecule has 2 amide bonds. The summed E-state index contributed by atoms with van der Waals surface area (Å²) in [7, 11) is 0. The summed E-state index contributed by atoms with van der Waals surface area (Å²) in [5.74, 6) is 0. The third kappa shape index (κ3) is 4.02. The Labute approximate surface area is 162 Å². The fourth-order valence-electron chi connectivity index (χ4n) is 3.52. The third-order valence-electron chi connectivity index (χ3n) is 5.04. The molecule has 0 atom stereocenters. The lowest BCUT2D eigenvalue weighted by Crippen LogP contribution is -2.52. The summed E-state index contributed by atoms with van der Waals surface area (Å²) >= 11 is 3.55. The van der Waals surface area contributed by atoms with E-state index >= 15 is 0 Å². The second-order valence-electron chi connectivity index (χ2n) is 6.87. The van der Waals surface area contributed by atoms with E-state index in [1.54, 1.807) is 11.3 Å². The zero-order valence-corrected chi connectivity index (χ0v) is 16.7. The van der Waals surface area contributed by atoms with Crippen LogP contribution in [0, 0.1) is 6.92 Å². The molecule has 8 heteroatoms. The summed E-state index contributed by atoms with van der Waals surface area (Å²) in [6, 6.07) is 2.29. The van der Waals surface area contributed by atoms with Crippen molar-refractivity contribution < 1.29 is 4.79 Å². The standard InChI is InChI=1S/C18H25N5OS2/c1-14-13-26-18(20-14)23-9-7-22(8-10-23)17(24)19-4-6-21-5-2-16-15(12-21)3-11-25-16/h3,11,13H,2,4-10,12H2,1H3,(H,19,24). The number of anilines is 1. The van der Waals surface area contributed by atoms with Crippen LogP contribution in [0.25, 0.3) is 0 Å². The minimum atomic E-state index is 0.0631. The summed E-state index contributed by atoms with van der Waals surface area (Å²) in [5, 5.41) is 8.42. The van der Waals surface area contributed by atoms with E-state index in [-0.39, 0.29) is 6.03 Å². The van der Waals surface area contributed by atoms with E-state index in [4.69, 9.17) is 0 Å². The first kappa shape index (κ1) is 17.8. The average Bonchev–Trinajstić information content (AvgIpc) is 3.30. The van der Waals surface area contributed by atoms with E-state index in [9.17, 15) is 4.79 Å². The van der Waals surface area contributed by atoms with Crippen molar-refractivity contribution in [2.45, 2.75) is 19.9 Å². The van der Waals surface area contributed by atoms with Crippen molar-refractivity contribution in [1.82, 2.24) is 20.1 Å². The van der Waals surface area contributed by atoms with Crippen molar-refractivity contribution >= 4 is 33.8 Å². The number of carbonyl (C=O) groups excluding carboxylic acids is 1. The first-order chi connectivity index (χ1) is 12.7. The fraction of sp³-hybridized carbons (Fsp3) is 0.556. The zero-order valence-electron chi connectivity index (χ0n) is 15.1. The number of hydrogen-bond acceptors (Lipinski definition) is 6. The van der Waals surface area contributed by atoms with E-state index in [2.05, 4.69) is 36.9 Å². The van der Waals surface area contributed by atoms with Gasteiger partial charge in [0.2, 0.25) is 0 Å². The molecule has 4 heterocycles. The molecule has 1 N–H and O–H groups in total. The summed E-state index contributed by atoms with van der Waals surface area (Å²) < 4.78 is 0. The van der Waals surface area contributed by atoms with Crippen molar-refractivity contribution in [3.63, 3.8) is 0 Å². The normalized spacial score (nSPS) is 18.0. The smallest absolute Gasteiger partial charge is 0.317 e. The highest BCUT2D eigenvalue weighted by Gasteiger charge is 2.23. The SMILES string of the molecule is Cc1csc(N2CCN(C(=O)NCCN3CCc4sccc4C3)CC2)n1. The van der Waals surface area contributed by atoms with Crippen molar-refractivity contribution in [2.24, 2.45) is 0 Å². The summed E-state index contributed by atoms with van der Waals surface area (Å²) in [5.41, 5.74) is 2.53. The largest absolute Gasteiger partial charge is 0.345 e. The lowest BCUT2D eigenvalue weighted by atomic mass is 10.1. The zero-order chi connectivity index (χ0) is 17.9. The Kier molecular flexibility index (Phi) is 5.42. The van der Waals surface area contributed by atoms with Gasteiger partial charge in [0.1, 0.15) is 0 Å². The molecule has 0 unspecified atom stereocenters. The lowest BCUT2D eigenvalue weighted by molar-refractivity contribution is 0.190. The van der Waals surface area contributed by atoms with Crippen molar-refractivity contribution in [2.75, 3.05) is 50.7 Å². The number of hydrogen-bond donors (Lipinski definition) is 1. The Morgan fingerprint density at radius 2 is 2.08 bits per heavy atom. The number of rotatable bonds is 4. The molecule has 140 valence electrons. The second kappa shape index (κ2) is 7.94. The number of thiazole rings is 1. The third-order valence-corrected chi connectivity index (χ3v) is 7.08. The number of carbonyl (C=O) groups is 1. The van der Waals surface area contributed by atoms with Gasteiger partial charge >= 0.3 is 6.03 Å². The molecule has 6 nitrogen and oxygen atoms in total. The van der Waals surface area contributed by atoms with Crippen LogP contribution in [0.4, 0.5) is 9.93 Å². The molecule has 1 fully saturated rings. The van der Waals surface area contributed by atoms with E-state index in [1.807, 2.05) is 23.2 Å². The number of fused-ring (bicyclic) bond motifs is 1. The molecule has 0 saturated carbocycles. The van der Waals surface area contributed by atoms with Crippen LogP contribution in [-0.4, -0.2) is 66.6 Å². The Bertz CT molecular complexity index is 750. The van der Waals surface area contributed by atoms with Crippen LogP contribution in [0.5, 0.6) is 0 Å². The highest BCUT2D eigenvalue weighted by Crippen LogP contribution is 2.23. The minimum absolute atomic E-state index is 0.0631. The Morgan fingerprint density at radius 3 is 2.85 bits per heavy atom. The van der Waals surface area contributed by atoms with Gasteiger partial charge in [-0.25, -0.2) is 9.78 Å². The predicted molar refractivity (Wildman–Crippen MR) is 107 cm³/mol. The number of piperazine rings is 1. The number of thiophene rings is 1. The molecule has 0 spiro atoms. The van der Waals surface area contributed by atoms with Crippen molar-refractivity contribution in [3.8, 4) is 0 Å². The van der Waals surface area contributed by atoms with Crippen LogP contribution in [0.1, 0.15) is 16.1 Å². The Morgan fingerprint density at radius 1 is 1.23 bits per heavy atom.